The lowest BCUT2D eigenvalue weighted by molar-refractivity contribution is 0.476. The van der Waals surface area contributed by atoms with Crippen LogP contribution in [0.4, 0.5) is 11.5 Å². The molecule has 0 amide bonds. The predicted molar refractivity (Wildman–Crippen MR) is 102 cm³/mol. The first-order valence-electron chi connectivity index (χ1n) is 7.86. The summed E-state index contributed by atoms with van der Waals surface area (Å²) in [5.74, 6) is 1.07. The summed E-state index contributed by atoms with van der Waals surface area (Å²) >= 11 is 1.51. The van der Waals surface area contributed by atoms with Crippen molar-refractivity contribution in [3.8, 4) is 17.1 Å². The second-order valence-corrected chi connectivity index (χ2v) is 6.83. The van der Waals surface area contributed by atoms with E-state index in [9.17, 15) is 5.11 Å². The SMILES string of the molecule is [C-]#[N+]c1ccn2c(NC)c(-c3cn4c(n3)sc3cc(O)ccc34)nc2c1. The number of imidazole rings is 2. The summed E-state index contributed by atoms with van der Waals surface area (Å²) in [6.07, 6.45) is 3.78. The van der Waals surface area contributed by atoms with Gasteiger partial charge >= 0.3 is 0 Å². The zero-order valence-corrected chi connectivity index (χ0v) is 14.4. The second kappa shape index (κ2) is 5.21. The molecule has 1 aromatic carbocycles. The Morgan fingerprint density at radius 3 is 2.88 bits per heavy atom. The van der Waals surface area contributed by atoms with E-state index >= 15 is 0 Å². The fourth-order valence-electron chi connectivity index (χ4n) is 3.12. The number of phenols is 1. The topological polar surface area (TPSA) is 71.2 Å². The highest BCUT2D eigenvalue weighted by molar-refractivity contribution is 7.23. The minimum absolute atomic E-state index is 0.246. The van der Waals surface area contributed by atoms with E-state index in [4.69, 9.17) is 11.6 Å². The lowest BCUT2D eigenvalue weighted by Crippen LogP contribution is -1.95. The molecule has 0 saturated heterocycles. The molecule has 0 bridgehead atoms. The maximum atomic E-state index is 9.65. The van der Waals surface area contributed by atoms with E-state index in [1.165, 1.54) is 11.3 Å². The number of pyridine rings is 1. The van der Waals surface area contributed by atoms with Crippen molar-refractivity contribution in [2.75, 3.05) is 12.4 Å². The highest BCUT2D eigenvalue weighted by atomic mass is 32.1. The van der Waals surface area contributed by atoms with Gasteiger partial charge in [0.2, 0.25) is 0 Å². The molecule has 0 unspecified atom stereocenters. The first-order chi connectivity index (χ1) is 12.7. The quantitative estimate of drug-likeness (QED) is 0.464. The van der Waals surface area contributed by atoms with Crippen molar-refractivity contribution >= 4 is 43.7 Å². The third-order valence-corrected chi connectivity index (χ3v) is 5.31. The molecule has 26 heavy (non-hydrogen) atoms. The molecule has 0 spiro atoms. The number of aromatic nitrogens is 4. The van der Waals surface area contributed by atoms with E-state index in [2.05, 4.69) is 15.1 Å². The van der Waals surface area contributed by atoms with Crippen LogP contribution in [0.5, 0.6) is 5.75 Å². The number of aromatic hydroxyl groups is 1. The number of nitrogens with one attached hydrogen (secondary N) is 1. The molecule has 0 atom stereocenters. The Balaban J connectivity index is 1.75. The van der Waals surface area contributed by atoms with Gasteiger partial charge in [0.1, 0.15) is 28.6 Å². The molecule has 0 fully saturated rings. The van der Waals surface area contributed by atoms with Crippen molar-refractivity contribution in [3.05, 3.63) is 54.1 Å². The van der Waals surface area contributed by atoms with E-state index in [1.807, 2.05) is 34.3 Å². The smallest absolute Gasteiger partial charge is 0.195 e. The Labute approximate surface area is 151 Å². The zero-order chi connectivity index (χ0) is 17.8. The van der Waals surface area contributed by atoms with Crippen LogP contribution in [0.3, 0.4) is 0 Å². The second-order valence-electron chi connectivity index (χ2n) is 5.82. The number of phenolic OH excluding ortho intramolecular Hbond substituents is 1. The van der Waals surface area contributed by atoms with Gasteiger partial charge in [0, 0.05) is 19.4 Å². The Morgan fingerprint density at radius 1 is 1.19 bits per heavy atom. The third kappa shape index (κ3) is 1.98. The van der Waals surface area contributed by atoms with E-state index in [0.29, 0.717) is 11.3 Å². The van der Waals surface area contributed by atoms with Crippen molar-refractivity contribution in [1.29, 1.82) is 0 Å². The summed E-state index contributed by atoms with van der Waals surface area (Å²) in [5, 5.41) is 12.8. The minimum atomic E-state index is 0.246. The monoisotopic (exact) mass is 360 g/mol. The first-order valence-corrected chi connectivity index (χ1v) is 8.68. The summed E-state index contributed by atoms with van der Waals surface area (Å²) in [6, 6.07) is 8.81. The molecule has 4 heterocycles. The number of hydrogen-bond acceptors (Lipinski definition) is 5. The number of benzene rings is 1. The molecule has 0 aliphatic carbocycles. The van der Waals surface area contributed by atoms with Crippen LogP contribution in [-0.2, 0) is 0 Å². The molecule has 5 rings (SSSR count). The van der Waals surface area contributed by atoms with Crippen LogP contribution in [0, 0.1) is 6.57 Å². The third-order valence-electron chi connectivity index (χ3n) is 4.30. The molecule has 0 aliphatic rings. The van der Waals surface area contributed by atoms with Crippen LogP contribution < -0.4 is 5.32 Å². The average molecular weight is 360 g/mol. The Morgan fingerprint density at radius 2 is 2.08 bits per heavy atom. The summed E-state index contributed by atoms with van der Waals surface area (Å²) in [5.41, 5.74) is 3.73. The molecular formula is C18H12N6OS. The van der Waals surface area contributed by atoms with Crippen LogP contribution in [0.2, 0.25) is 0 Å². The molecule has 2 N–H and O–H groups in total. The van der Waals surface area contributed by atoms with Gasteiger partial charge in [-0.3, -0.25) is 8.80 Å². The summed E-state index contributed by atoms with van der Waals surface area (Å²) in [7, 11) is 1.84. The molecule has 8 heteroatoms. The number of anilines is 1. The van der Waals surface area contributed by atoms with Crippen LogP contribution >= 0.6 is 11.3 Å². The van der Waals surface area contributed by atoms with Gasteiger partial charge in [0.05, 0.1) is 16.8 Å². The fourth-order valence-corrected chi connectivity index (χ4v) is 4.17. The molecule has 126 valence electrons. The number of thiazole rings is 1. The van der Waals surface area contributed by atoms with Crippen molar-refractivity contribution in [2.24, 2.45) is 0 Å². The Kier molecular flexibility index (Phi) is 2.96. The molecule has 7 nitrogen and oxygen atoms in total. The zero-order valence-electron chi connectivity index (χ0n) is 13.6. The number of nitrogens with zero attached hydrogens (tertiary/aromatic N) is 5. The van der Waals surface area contributed by atoms with Crippen molar-refractivity contribution < 1.29 is 5.11 Å². The maximum Gasteiger partial charge on any atom is 0.195 e. The van der Waals surface area contributed by atoms with Gasteiger partial charge in [-0.25, -0.2) is 14.8 Å². The molecule has 0 radical (unpaired) electrons. The standard InChI is InChI=1S/C18H12N6OS/c1-19-10-5-6-23-15(7-10)22-16(17(23)20-2)12-9-24-13-4-3-11(25)8-14(13)26-18(24)21-12/h3-9,20,25H,2H3. The molecular weight excluding hydrogens is 348 g/mol. The highest BCUT2D eigenvalue weighted by Gasteiger charge is 2.18. The van der Waals surface area contributed by atoms with Gasteiger partial charge in [-0.1, -0.05) is 11.3 Å². The number of hydrogen-bond donors (Lipinski definition) is 2. The van der Waals surface area contributed by atoms with Crippen molar-refractivity contribution in [2.45, 2.75) is 0 Å². The van der Waals surface area contributed by atoms with E-state index in [0.717, 1.165) is 32.4 Å². The van der Waals surface area contributed by atoms with Crippen molar-refractivity contribution in [3.63, 3.8) is 0 Å². The van der Waals surface area contributed by atoms with E-state index in [1.54, 1.807) is 24.3 Å². The van der Waals surface area contributed by atoms with Gasteiger partial charge in [-0.2, -0.15) is 0 Å². The Hall–Kier alpha value is -3.57. The number of rotatable bonds is 2. The van der Waals surface area contributed by atoms with Gasteiger partial charge in [-0.05, 0) is 30.3 Å². The van der Waals surface area contributed by atoms with Gasteiger partial charge < -0.3 is 10.4 Å². The average Bonchev–Trinajstić information content (AvgIpc) is 3.29. The largest absolute Gasteiger partial charge is 0.508 e. The maximum absolute atomic E-state index is 9.65. The van der Waals surface area contributed by atoms with Crippen LogP contribution in [0.25, 0.3) is 37.1 Å². The highest BCUT2D eigenvalue weighted by Crippen LogP contribution is 2.34. The summed E-state index contributed by atoms with van der Waals surface area (Å²) in [6.45, 7) is 7.17. The van der Waals surface area contributed by atoms with Gasteiger partial charge in [-0.15, -0.1) is 0 Å². The van der Waals surface area contributed by atoms with Gasteiger partial charge in [0.25, 0.3) is 0 Å². The summed E-state index contributed by atoms with van der Waals surface area (Å²) in [4.78, 5) is 13.7. The van der Waals surface area contributed by atoms with Crippen LogP contribution in [0.1, 0.15) is 0 Å². The summed E-state index contributed by atoms with van der Waals surface area (Å²) < 4.78 is 4.89. The molecule has 4 aromatic heterocycles. The van der Waals surface area contributed by atoms with E-state index < -0.39 is 0 Å². The Bertz CT molecular complexity index is 1350. The first kappa shape index (κ1) is 14.7. The molecule has 5 aromatic rings. The minimum Gasteiger partial charge on any atom is -0.508 e. The van der Waals surface area contributed by atoms with Crippen LogP contribution in [-0.4, -0.2) is 30.9 Å². The fraction of sp³-hybridized carbons (Fsp3) is 0.0556. The molecule has 0 aliphatic heterocycles. The lowest BCUT2D eigenvalue weighted by atomic mass is 10.3. The normalized spacial score (nSPS) is 11.4. The molecule has 0 saturated carbocycles. The lowest BCUT2D eigenvalue weighted by Gasteiger charge is -2.02. The number of fused-ring (bicyclic) bond motifs is 4. The van der Waals surface area contributed by atoms with Crippen molar-refractivity contribution in [1.82, 2.24) is 18.8 Å². The predicted octanol–water partition coefficient (Wildman–Crippen LogP) is 4.16. The van der Waals surface area contributed by atoms with Gasteiger partial charge in [0.15, 0.2) is 10.6 Å². The van der Waals surface area contributed by atoms with E-state index in [-0.39, 0.29) is 5.75 Å². The van der Waals surface area contributed by atoms with Crippen LogP contribution in [0.15, 0.2) is 42.7 Å².